The molecular weight excluding hydrogens is 272 g/mol. The summed E-state index contributed by atoms with van der Waals surface area (Å²) in [5.74, 6) is 0.572. The fraction of sp³-hybridized carbons (Fsp3) is 0.438. The summed E-state index contributed by atoms with van der Waals surface area (Å²) in [5.41, 5.74) is -0.0574. The molecule has 1 atom stereocenters. The van der Waals surface area contributed by atoms with Gasteiger partial charge < -0.3 is 19.0 Å². The zero-order chi connectivity index (χ0) is 15.6. The van der Waals surface area contributed by atoms with Crippen molar-refractivity contribution in [3.63, 3.8) is 0 Å². The van der Waals surface area contributed by atoms with Crippen LogP contribution in [0.3, 0.4) is 0 Å². The first kappa shape index (κ1) is 15.5. The molecule has 21 heavy (non-hydrogen) atoms. The van der Waals surface area contributed by atoms with Crippen LogP contribution in [0.25, 0.3) is 11.0 Å². The summed E-state index contributed by atoms with van der Waals surface area (Å²) >= 11 is 0. The van der Waals surface area contributed by atoms with Crippen molar-refractivity contribution in [3.8, 4) is 5.75 Å². The van der Waals surface area contributed by atoms with Crippen LogP contribution in [-0.4, -0.2) is 31.0 Å². The average molecular weight is 292 g/mol. The van der Waals surface area contributed by atoms with Crippen molar-refractivity contribution in [1.29, 1.82) is 0 Å². The first-order valence-corrected chi connectivity index (χ1v) is 6.72. The molecule has 2 rings (SSSR count). The number of hydrogen-bond acceptors (Lipinski definition) is 5. The van der Waals surface area contributed by atoms with Crippen molar-refractivity contribution in [2.75, 3.05) is 14.2 Å². The van der Waals surface area contributed by atoms with E-state index >= 15 is 0 Å². The Balaban J connectivity index is 2.55. The van der Waals surface area contributed by atoms with Gasteiger partial charge in [-0.25, -0.2) is 4.79 Å². The molecule has 0 aliphatic carbocycles. The van der Waals surface area contributed by atoms with Gasteiger partial charge in [0.1, 0.15) is 11.3 Å². The van der Waals surface area contributed by atoms with Crippen LogP contribution >= 0.6 is 0 Å². The van der Waals surface area contributed by atoms with Crippen molar-refractivity contribution in [2.45, 2.75) is 32.0 Å². The SMILES string of the molecule is COc1ccc2ccc(=O)oc2c1C[C@H](O)C(C)(C)OC. The molecule has 0 spiro atoms. The molecule has 0 amide bonds. The first-order valence-electron chi connectivity index (χ1n) is 6.72. The highest BCUT2D eigenvalue weighted by Crippen LogP contribution is 2.30. The second-order valence-corrected chi connectivity index (χ2v) is 5.45. The number of ether oxygens (including phenoxy) is 2. The Labute approximate surface area is 123 Å². The third-order valence-electron chi connectivity index (χ3n) is 3.80. The molecule has 0 aliphatic heterocycles. The second-order valence-electron chi connectivity index (χ2n) is 5.45. The van der Waals surface area contributed by atoms with Gasteiger partial charge in [0.25, 0.3) is 0 Å². The Morgan fingerprint density at radius 2 is 1.90 bits per heavy atom. The highest BCUT2D eigenvalue weighted by Gasteiger charge is 2.29. The fourth-order valence-corrected chi connectivity index (χ4v) is 2.13. The summed E-state index contributed by atoms with van der Waals surface area (Å²) in [7, 11) is 3.09. The molecule has 1 N–H and O–H groups in total. The minimum atomic E-state index is -0.771. The quantitative estimate of drug-likeness (QED) is 0.855. The Bertz CT molecular complexity index is 687. The monoisotopic (exact) mass is 292 g/mol. The standard InChI is InChI=1S/C16H20O5/c1-16(2,20-4)13(17)9-11-12(19-3)7-5-10-6-8-14(18)21-15(10)11/h5-8,13,17H,9H2,1-4H3/t13-/m0/s1. The van der Waals surface area contributed by atoms with Gasteiger partial charge in [-0.3, -0.25) is 0 Å². The summed E-state index contributed by atoms with van der Waals surface area (Å²) in [6, 6.07) is 6.67. The highest BCUT2D eigenvalue weighted by molar-refractivity contribution is 5.82. The number of aliphatic hydroxyl groups is 1. The second kappa shape index (κ2) is 5.87. The van der Waals surface area contributed by atoms with Crippen molar-refractivity contribution < 1.29 is 19.0 Å². The highest BCUT2D eigenvalue weighted by atomic mass is 16.5. The Morgan fingerprint density at radius 1 is 1.24 bits per heavy atom. The molecule has 0 saturated carbocycles. The number of methoxy groups -OCH3 is 2. The van der Waals surface area contributed by atoms with Crippen LogP contribution in [0.4, 0.5) is 0 Å². The van der Waals surface area contributed by atoms with Gasteiger partial charge in [0.15, 0.2) is 0 Å². The third-order valence-corrected chi connectivity index (χ3v) is 3.80. The summed E-state index contributed by atoms with van der Waals surface area (Å²) in [4.78, 5) is 11.5. The first-order chi connectivity index (χ1) is 9.89. The largest absolute Gasteiger partial charge is 0.496 e. The maximum atomic E-state index is 11.5. The zero-order valence-electron chi connectivity index (χ0n) is 12.7. The summed E-state index contributed by atoms with van der Waals surface area (Å²) in [6.45, 7) is 3.59. The molecule has 1 aromatic heterocycles. The van der Waals surface area contributed by atoms with E-state index in [2.05, 4.69) is 0 Å². The number of hydrogen-bond donors (Lipinski definition) is 1. The zero-order valence-corrected chi connectivity index (χ0v) is 12.7. The lowest BCUT2D eigenvalue weighted by Gasteiger charge is -2.29. The van der Waals surface area contributed by atoms with Crippen LogP contribution in [0, 0.1) is 0 Å². The number of benzene rings is 1. The number of rotatable bonds is 5. The molecular formula is C16H20O5. The molecule has 1 aromatic carbocycles. The molecule has 0 bridgehead atoms. The Morgan fingerprint density at radius 3 is 2.52 bits per heavy atom. The van der Waals surface area contributed by atoms with Crippen molar-refractivity contribution >= 4 is 11.0 Å². The predicted octanol–water partition coefficient (Wildman–Crippen LogP) is 2.13. The van der Waals surface area contributed by atoms with Gasteiger partial charge in [-0.05, 0) is 32.0 Å². The maximum Gasteiger partial charge on any atom is 0.336 e. The van der Waals surface area contributed by atoms with E-state index in [1.807, 2.05) is 6.07 Å². The molecule has 2 aromatic rings. The van der Waals surface area contributed by atoms with E-state index in [1.54, 1.807) is 40.2 Å². The lowest BCUT2D eigenvalue weighted by Crippen LogP contribution is -2.39. The summed E-state index contributed by atoms with van der Waals surface area (Å²) in [5, 5.41) is 11.2. The van der Waals surface area contributed by atoms with Crippen LogP contribution in [0.15, 0.2) is 33.5 Å². The smallest absolute Gasteiger partial charge is 0.336 e. The van der Waals surface area contributed by atoms with Crippen LogP contribution < -0.4 is 10.4 Å². The van der Waals surface area contributed by atoms with Crippen molar-refractivity contribution in [3.05, 3.63) is 40.2 Å². The molecule has 0 unspecified atom stereocenters. The molecule has 114 valence electrons. The van der Waals surface area contributed by atoms with E-state index in [1.165, 1.54) is 6.07 Å². The van der Waals surface area contributed by atoms with E-state index in [0.29, 0.717) is 16.9 Å². The van der Waals surface area contributed by atoms with E-state index in [4.69, 9.17) is 13.9 Å². The van der Waals surface area contributed by atoms with Crippen molar-refractivity contribution in [2.24, 2.45) is 0 Å². The summed E-state index contributed by atoms with van der Waals surface area (Å²) < 4.78 is 15.9. The van der Waals surface area contributed by atoms with Crippen LogP contribution in [-0.2, 0) is 11.2 Å². The van der Waals surface area contributed by atoms with Crippen molar-refractivity contribution in [1.82, 2.24) is 0 Å². The summed E-state index contributed by atoms with van der Waals surface area (Å²) in [6.07, 6.45) is -0.513. The van der Waals surface area contributed by atoms with Crippen LogP contribution in [0.1, 0.15) is 19.4 Å². The van der Waals surface area contributed by atoms with Crippen LogP contribution in [0.2, 0.25) is 0 Å². The number of aliphatic hydroxyl groups excluding tert-OH is 1. The molecule has 0 saturated heterocycles. The molecule has 0 aliphatic rings. The third kappa shape index (κ3) is 3.09. The predicted molar refractivity (Wildman–Crippen MR) is 79.8 cm³/mol. The minimum Gasteiger partial charge on any atom is -0.496 e. The topological polar surface area (TPSA) is 68.9 Å². The van der Waals surface area contributed by atoms with Gasteiger partial charge in [-0.2, -0.15) is 0 Å². The lowest BCUT2D eigenvalue weighted by atomic mass is 9.93. The molecule has 0 fully saturated rings. The van der Waals surface area contributed by atoms with Gasteiger partial charge in [0, 0.05) is 30.5 Å². The van der Waals surface area contributed by atoms with Gasteiger partial charge in [0.2, 0.25) is 0 Å². The molecule has 5 heteroatoms. The van der Waals surface area contributed by atoms with Crippen LogP contribution in [0.5, 0.6) is 5.75 Å². The van der Waals surface area contributed by atoms with Gasteiger partial charge in [-0.15, -0.1) is 0 Å². The molecule has 1 heterocycles. The Kier molecular flexibility index (Phi) is 4.34. The normalized spacial score (nSPS) is 13.4. The van der Waals surface area contributed by atoms with Gasteiger partial charge in [-0.1, -0.05) is 0 Å². The van der Waals surface area contributed by atoms with E-state index in [-0.39, 0.29) is 6.42 Å². The minimum absolute atomic E-state index is 0.258. The fourth-order valence-electron chi connectivity index (χ4n) is 2.13. The van der Waals surface area contributed by atoms with E-state index in [0.717, 1.165) is 5.39 Å². The van der Waals surface area contributed by atoms with E-state index < -0.39 is 17.3 Å². The average Bonchev–Trinajstić information content (AvgIpc) is 2.47. The lowest BCUT2D eigenvalue weighted by molar-refractivity contribution is -0.0765. The Hall–Kier alpha value is -1.85. The molecule has 5 nitrogen and oxygen atoms in total. The molecule has 0 radical (unpaired) electrons. The van der Waals surface area contributed by atoms with E-state index in [9.17, 15) is 9.90 Å². The maximum absolute atomic E-state index is 11.5. The number of fused-ring (bicyclic) bond motifs is 1. The van der Waals surface area contributed by atoms with Gasteiger partial charge >= 0.3 is 5.63 Å². The van der Waals surface area contributed by atoms with Gasteiger partial charge in [0.05, 0.1) is 18.8 Å².